The Kier molecular flexibility index (Phi) is 7.11. The van der Waals surface area contributed by atoms with Gasteiger partial charge in [0.05, 0.1) is 5.69 Å². The second-order valence-corrected chi connectivity index (χ2v) is 11.6. The number of methoxy groups -OCH3 is 1. The number of ketones is 1. The minimum absolute atomic E-state index is 0.0168. The molecule has 0 radical (unpaired) electrons. The minimum atomic E-state index is -3.68. The summed E-state index contributed by atoms with van der Waals surface area (Å²) in [5.41, 5.74) is 3.10. The summed E-state index contributed by atoms with van der Waals surface area (Å²) in [6.45, 7) is 3.51. The first-order valence-electron chi connectivity index (χ1n) is 12.6. The lowest BCUT2D eigenvalue weighted by atomic mass is 9.88. The Balaban J connectivity index is 1.30. The fraction of sp³-hybridized carbons (Fsp3) is 0.393. The highest BCUT2D eigenvalue weighted by molar-refractivity contribution is 7.89. The first kappa shape index (κ1) is 25.5. The summed E-state index contributed by atoms with van der Waals surface area (Å²) in [6, 6.07) is 14.5. The maximum absolute atomic E-state index is 13.3. The predicted octanol–water partition coefficient (Wildman–Crippen LogP) is 3.75. The third kappa shape index (κ3) is 4.79. The number of aryl methyl sites for hydroxylation is 1. The van der Waals surface area contributed by atoms with E-state index in [1.165, 1.54) is 10.4 Å². The molecule has 0 saturated carbocycles. The van der Waals surface area contributed by atoms with Crippen LogP contribution in [0.3, 0.4) is 0 Å². The Labute approximate surface area is 217 Å². The number of Topliss-reactive ketones (excluding diaryl/α,β-unsaturated/α-hetero) is 1. The fourth-order valence-electron chi connectivity index (χ4n) is 5.39. The Morgan fingerprint density at radius 3 is 2.57 bits per heavy atom. The van der Waals surface area contributed by atoms with Crippen molar-refractivity contribution in [2.75, 3.05) is 38.3 Å². The lowest BCUT2D eigenvalue weighted by molar-refractivity contribution is -0.123. The van der Waals surface area contributed by atoms with Gasteiger partial charge in [-0.1, -0.05) is 24.3 Å². The van der Waals surface area contributed by atoms with E-state index in [0.717, 1.165) is 28.4 Å². The monoisotopic (exact) mass is 521 g/mol. The van der Waals surface area contributed by atoms with Crippen LogP contribution in [-0.2, 0) is 26.0 Å². The first-order chi connectivity index (χ1) is 17.8. The summed E-state index contributed by atoms with van der Waals surface area (Å²) in [7, 11) is -2.03. The molecule has 1 amide bonds. The van der Waals surface area contributed by atoms with Gasteiger partial charge in [0.1, 0.15) is 5.78 Å². The van der Waals surface area contributed by atoms with Gasteiger partial charge in [-0.15, -0.1) is 0 Å². The maximum atomic E-state index is 13.3. The van der Waals surface area contributed by atoms with Crippen LogP contribution in [0.2, 0.25) is 0 Å². The molecule has 2 aliphatic heterocycles. The number of carbonyl (C=O) groups excluding carboxylic acids is 2. The number of sulfonamides is 1. The number of ether oxygens (including phenoxy) is 1. The number of benzene rings is 2. The highest BCUT2D eigenvalue weighted by Gasteiger charge is 2.34. The number of anilines is 1. The predicted molar refractivity (Wildman–Crippen MR) is 141 cm³/mol. The van der Waals surface area contributed by atoms with Crippen LogP contribution in [0.1, 0.15) is 40.9 Å². The number of pyridine rings is 1. The van der Waals surface area contributed by atoms with Gasteiger partial charge in [-0.05, 0) is 61.4 Å². The van der Waals surface area contributed by atoms with E-state index >= 15 is 0 Å². The van der Waals surface area contributed by atoms with E-state index in [9.17, 15) is 18.0 Å². The Morgan fingerprint density at radius 1 is 1.08 bits per heavy atom. The molecule has 0 spiro atoms. The SMILES string of the molecule is COCCCN1C(=O)c2cccc3c(CC(=O)C4CCN(S(=O)(=O)c5cccc(C)n5)CC4)ccc1c23. The molecule has 1 saturated heterocycles. The highest BCUT2D eigenvalue weighted by atomic mass is 32.2. The summed E-state index contributed by atoms with van der Waals surface area (Å²) in [4.78, 5) is 32.3. The minimum Gasteiger partial charge on any atom is -0.385 e. The molecular weight excluding hydrogens is 490 g/mol. The molecule has 3 aromatic rings. The smallest absolute Gasteiger partial charge is 0.260 e. The second-order valence-electron chi connectivity index (χ2n) is 9.71. The van der Waals surface area contributed by atoms with Crippen LogP contribution in [0, 0.1) is 12.8 Å². The average Bonchev–Trinajstić information content (AvgIpc) is 3.18. The number of piperidine rings is 1. The van der Waals surface area contributed by atoms with Gasteiger partial charge >= 0.3 is 0 Å². The van der Waals surface area contributed by atoms with Crippen LogP contribution in [0.15, 0.2) is 53.6 Å². The van der Waals surface area contributed by atoms with Crippen LogP contribution in [0.4, 0.5) is 5.69 Å². The topological polar surface area (TPSA) is 96.9 Å². The fourth-order valence-corrected chi connectivity index (χ4v) is 6.86. The number of aromatic nitrogens is 1. The van der Waals surface area contributed by atoms with Crippen molar-refractivity contribution in [1.82, 2.24) is 9.29 Å². The van der Waals surface area contributed by atoms with E-state index < -0.39 is 10.0 Å². The molecule has 5 rings (SSSR count). The molecule has 0 bridgehead atoms. The molecule has 9 heteroatoms. The first-order valence-corrected chi connectivity index (χ1v) is 14.1. The molecular formula is C28H31N3O5S. The third-order valence-corrected chi connectivity index (χ3v) is 9.15. The van der Waals surface area contributed by atoms with E-state index in [2.05, 4.69) is 4.98 Å². The van der Waals surface area contributed by atoms with Crippen molar-refractivity contribution in [2.24, 2.45) is 5.92 Å². The van der Waals surface area contributed by atoms with Crippen molar-refractivity contribution in [1.29, 1.82) is 0 Å². The van der Waals surface area contributed by atoms with Gasteiger partial charge in [0, 0.05) is 62.3 Å². The molecule has 3 heterocycles. The Hall–Kier alpha value is -3.14. The lowest BCUT2D eigenvalue weighted by Gasteiger charge is -2.30. The molecule has 2 aliphatic rings. The molecule has 37 heavy (non-hydrogen) atoms. The van der Waals surface area contributed by atoms with Gasteiger partial charge in [0.25, 0.3) is 15.9 Å². The lowest BCUT2D eigenvalue weighted by Crippen LogP contribution is -2.40. The highest BCUT2D eigenvalue weighted by Crippen LogP contribution is 2.39. The number of hydrogen-bond donors (Lipinski definition) is 0. The number of nitrogens with zero attached hydrogens (tertiary/aromatic N) is 3. The number of rotatable bonds is 9. The summed E-state index contributed by atoms with van der Waals surface area (Å²) >= 11 is 0. The zero-order valence-electron chi connectivity index (χ0n) is 21.1. The normalized spacial score (nSPS) is 16.6. The summed E-state index contributed by atoms with van der Waals surface area (Å²) in [5.74, 6) is -0.114. The van der Waals surface area contributed by atoms with Gasteiger partial charge in [0.2, 0.25) is 0 Å². The summed E-state index contributed by atoms with van der Waals surface area (Å²) < 4.78 is 32.6. The zero-order valence-corrected chi connectivity index (χ0v) is 22.0. The molecule has 0 N–H and O–H groups in total. The van der Waals surface area contributed by atoms with Gasteiger partial charge in [-0.2, -0.15) is 4.31 Å². The number of amides is 1. The van der Waals surface area contributed by atoms with Crippen molar-refractivity contribution in [3.05, 3.63) is 65.4 Å². The standard InChI is InChI=1S/C28H31N3O5S/c1-19-6-3-9-26(29-19)37(34,35)30-15-12-20(13-16-30)25(32)18-21-10-11-24-27-22(21)7-4-8-23(27)28(33)31(24)14-5-17-36-2/h3-4,6-11,20H,5,12-18H2,1-2H3. The van der Waals surface area contributed by atoms with Crippen LogP contribution in [0.25, 0.3) is 10.8 Å². The van der Waals surface area contributed by atoms with Gasteiger partial charge in [-0.25, -0.2) is 13.4 Å². The molecule has 0 unspecified atom stereocenters. The average molecular weight is 522 g/mol. The van der Waals surface area contributed by atoms with E-state index in [1.54, 1.807) is 31.1 Å². The van der Waals surface area contributed by atoms with E-state index in [0.29, 0.717) is 50.3 Å². The number of carbonyl (C=O) groups is 2. The second kappa shape index (κ2) is 10.3. The summed E-state index contributed by atoms with van der Waals surface area (Å²) in [5, 5.41) is 1.88. The van der Waals surface area contributed by atoms with Crippen LogP contribution >= 0.6 is 0 Å². The molecule has 0 aliphatic carbocycles. The van der Waals surface area contributed by atoms with Gasteiger partial charge < -0.3 is 9.64 Å². The van der Waals surface area contributed by atoms with E-state index in [1.807, 2.05) is 30.3 Å². The zero-order chi connectivity index (χ0) is 26.2. The molecule has 8 nitrogen and oxygen atoms in total. The quantitative estimate of drug-likeness (QED) is 0.398. The molecule has 1 fully saturated rings. The summed E-state index contributed by atoms with van der Waals surface area (Å²) in [6.07, 6.45) is 1.97. The van der Waals surface area contributed by atoms with Crippen molar-refractivity contribution in [3.63, 3.8) is 0 Å². The molecule has 194 valence electrons. The number of hydrogen-bond acceptors (Lipinski definition) is 6. The van der Waals surface area contributed by atoms with Crippen LogP contribution in [-0.4, -0.2) is 62.7 Å². The van der Waals surface area contributed by atoms with Crippen molar-refractivity contribution in [3.8, 4) is 0 Å². The van der Waals surface area contributed by atoms with Crippen LogP contribution < -0.4 is 4.90 Å². The van der Waals surface area contributed by atoms with Crippen molar-refractivity contribution < 1.29 is 22.7 Å². The van der Waals surface area contributed by atoms with E-state index in [-0.39, 0.29) is 29.1 Å². The van der Waals surface area contributed by atoms with Gasteiger partial charge in [0.15, 0.2) is 5.03 Å². The van der Waals surface area contributed by atoms with Crippen molar-refractivity contribution >= 4 is 38.2 Å². The third-order valence-electron chi connectivity index (χ3n) is 7.35. The Bertz CT molecular complexity index is 1460. The van der Waals surface area contributed by atoms with Crippen LogP contribution in [0.5, 0.6) is 0 Å². The van der Waals surface area contributed by atoms with Crippen molar-refractivity contribution in [2.45, 2.75) is 37.6 Å². The largest absolute Gasteiger partial charge is 0.385 e. The van der Waals surface area contributed by atoms with Gasteiger partial charge in [-0.3, -0.25) is 9.59 Å². The maximum Gasteiger partial charge on any atom is 0.260 e. The Morgan fingerprint density at radius 2 is 1.84 bits per heavy atom. The molecule has 2 aromatic carbocycles. The molecule has 0 atom stereocenters. The molecule has 1 aromatic heterocycles. The van der Waals surface area contributed by atoms with E-state index in [4.69, 9.17) is 4.74 Å².